The first-order valence-electron chi connectivity index (χ1n) is 4.91. The van der Waals surface area contributed by atoms with Crippen molar-refractivity contribution in [3.63, 3.8) is 0 Å². The summed E-state index contributed by atoms with van der Waals surface area (Å²) in [6.45, 7) is 2.21. The van der Waals surface area contributed by atoms with E-state index in [0.717, 1.165) is 12.2 Å². The molecule has 13 heavy (non-hydrogen) atoms. The van der Waals surface area contributed by atoms with Crippen molar-refractivity contribution < 1.29 is 0 Å². The van der Waals surface area contributed by atoms with Crippen LogP contribution in [0, 0.1) is 0 Å². The summed E-state index contributed by atoms with van der Waals surface area (Å²) >= 11 is 0. The minimum Gasteiger partial charge on any atom is -0.310 e. The van der Waals surface area contributed by atoms with Gasteiger partial charge in [0.25, 0.3) is 0 Å². The van der Waals surface area contributed by atoms with Gasteiger partial charge in [-0.2, -0.15) is 5.10 Å². The fraction of sp³-hybridized carbons (Fsp3) is 0.778. The molecule has 0 amide bonds. The first kappa shape index (κ1) is 10.2. The monoisotopic (exact) mass is 182 g/mol. The zero-order chi connectivity index (χ0) is 9.52. The van der Waals surface area contributed by atoms with Gasteiger partial charge in [0.15, 0.2) is 0 Å². The molecule has 1 rings (SSSR count). The van der Waals surface area contributed by atoms with E-state index in [2.05, 4.69) is 27.4 Å². The van der Waals surface area contributed by atoms with Crippen LogP contribution in [0.25, 0.3) is 0 Å². The lowest BCUT2D eigenvalue weighted by Gasteiger charge is -2.12. The van der Waals surface area contributed by atoms with Gasteiger partial charge in [0.05, 0.1) is 6.04 Å². The molecule has 0 spiro atoms. The molecule has 1 aromatic rings. The lowest BCUT2D eigenvalue weighted by atomic mass is 10.1. The molecule has 0 aliphatic heterocycles. The molecule has 1 heterocycles. The SMILES string of the molecule is CCCCCC(NC)c1ncn[nH]1. The molecule has 0 aromatic carbocycles. The second kappa shape index (κ2) is 5.70. The zero-order valence-corrected chi connectivity index (χ0v) is 8.38. The summed E-state index contributed by atoms with van der Waals surface area (Å²) in [4.78, 5) is 4.14. The third-order valence-corrected chi connectivity index (χ3v) is 2.21. The Balaban J connectivity index is 2.35. The van der Waals surface area contributed by atoms with Crippen LogP contribution in [0.4, 0.5) is 0 Å². The first-order valence-corrected chi connectivity index (χ1v) is 4.91. The minimum absolute atomic E-state index is 0.328. The maximum Gasteiger partial charge on any atom is 0.141 e. The van der Waals surface area contributed by atoms with Gasteiger partial charge >= 0.3 is 0 Å². The standard InChI is InChI=1S/C9H18N4/c1-3-4-5-6-8(10-2)9-11-7-12-13-9/h7-8,10H,3-6H2,1-2H3,(H,11,12,13). The zero-order valence-electron chi connectivity index (χ0n) is 8.38. The van der Waals surface area contributed by atoms with E-state index < -0.39 is 0 Å². The van der Waals surface area contributed by atoms with Gasteiger partial charge in [0.1, 0.15) is 12.2 Å². The molecule has 0 saturated heterocycles. The van der Waals surface area contributed by atoms with E-state index in [0.29, 0.717) is 6.04 Å². The van der Waals surface area contributed by atoms with Gasteiger partial charge in [-0.1, -0.05) is 26.2 Å². The van der Waals surface area contributed by atoms with E-state index in [1.54, 1.807) is 6.33 Å². The molecule has 1 aromatic heterocycles. The van der Waals surface area contributed by atoms with E-state index in [1.165, 1.54) is 19.3 Å². The van der Waals surface area contributed by atoms with Crippen LogP contribution < -0.4 is 5.32 Å². The summed E-state index contributed by atoms with van der Waals surface area (Å²) in [5.41, 5.74) is 0. The van der Waals surface area contributed by atoms with Crippen molar-refractivity contribution in [1.82, 2.24) is 20.5 Å². The Labute approximate surface area is 79.2 Å². The Morgan fingerprint density at radius 3 is 2.92 bits per heavy atom. The molecule has 74 valence electrons. The number of aromatic amines is 1. The Bertz CT molecular complexity index is 207. The summed E-state index contributed by atoms with van der Waals surface area (Å²) in [5.74, 6) is 0.943. The van der Waals surface area contributed by atoms with Gasteiger partial charge in [-0.05, 0) is 13.5 Å². The average molecular weight is 182 g/mol. The highest BCUT2D eigenvalue weighted by Crippen LogP contribution is 2.14. The van der Waals surface area contributed by atoms with Gasteiger partial charge in [0, 0.05) is 0 Å². The molecule has 1 unspecified atom stereocenters. The number of hydrogen-bond donors (Lipinski definition) is 2. The summed E-state index contributed by atoms with van der Waals surface area (Å²) in [6, 6.07) is 0.328. The third-order valence-electron chi connectivity index (χ3n) is 2.21. The molecule has 1 atom stereocenters. The average Bonchev–Trinajstić information content (AvgIpc) is 2.65. The van der Waals surface area contributed by atoms with Crippen molar-refractivity contribution in [3.05, 3.63) is 12.2 Å². The van der Waals surface area contributed by atoms with Crippen molar-refractivity contribution in [2.24, 2.45) is 0 Å². The molecule has 4 nitrogen and oxygen atoms in total. The van der Waals surface area contributed by atoms with Crippen LogP contribution in [0.5, 0.6) is 0 Å². The molecule has 0 aliphatic rings. The fourth-order valence-corrected chi connectivity index (χ4v) is 1.40. The molecule has 0 saturated carbocycles. The quantitative estimate of drug-likeness (QED) is 0.658. The summed E-state index contributed by atoms with van der Waals surface area (Å²) in [5, 5.41) is 9.96. The fourth-order valence-electron chi connectivity index (χ4n) is 1.40. The molecule has 0 aliphatic carbocycles. The molecule has 2 N–H and O–H groups in total. The number of rotatable bonds is 6. The molecule has 0 radical (unpaired) electrons. The van der Waals surface area contributed by atoms with Crippen molar-refractivity contribution in [2.75, 3.05) is 7.05 Å². The minimum atomic E-state index is 0.328. The topological polar surface area (TPSA) is 53.6 Å². The van der Waals surface area contributed by atoms with E-state index in [9.17, 15) is 0 Å². The first-order chi connectivity index (χ1) is 6.38. The van der Waals surface area contributed by atoms with Gasteiger partial charge < -0.3 is 5.32 Å². The number of hydrogen-bond acceptors (Lipinski definition) is 3. The van der Waals surface area contributed by atoms with Crippen LogP contribution in [0.15, 0.2) is 6.33 Å². The predicted molar refractivity (Wildman–Crippen MR) is 52.3 cm³/mol. The lowest BCUT2D eigenvalue weighted by Crippen LogP contribution is -2.17. The Kier molecular flexibility index (Phi) is 4.46. The van der Waals surface area contributed by atoms with Crippen molar-refractivity contribution in [1.29, 1.82) is 0 Å². The number of unbranched alkanes of at least 4 members (excludes halogenated alkanes) is 2. The van der Waals surface area contributed by atoms with E-state index in [4.69, 9.17) is 0 Å². The number of nitrogens with zero attached hydrogens (tertiary/aromatic N) is 2. The van der Waals surface area contributed by atoms with Gasteiger partial charge in [0.2, 0.25) is 0 Å². The van der Waals surface area contributed by atoms with Gasteiger partial charge in [-0.3, -0.25) is 5.10 Å². The number of H-pyrrole nitrogens is 1. The molecular formula is C9H18N4. The smallest absolute Gasteiger partial charge is 0.141 e. The van der Waals surface area contributed by atoms with Crippen LogP contribution in [0.2, 0.25) is 0 Å². The molecule has 0 bridgehead atoms. The van der Waals surface area contributed by atoms with E-state index in [1.807, 2.05) is 7.05 Å². The van der Waals surface area contributed by atoms with Crippen LogP contribution in [0.3, 0.4) is 0 Å². The summed E-state index contributed by atoms with van der Waals surface area (Å²) < 4.78 is 0. The normalized spacial score (nSPS) is 13.1. The highest BCUT2D eigenvalue weighted by molar-refractivity contribution is 4.90. The van der Waals surface area contributed by atoms with Crippen LogP contribution in [-0.4, -0.2) is 22.2 Å². The number of nitrogens with one attached hydrogen (secondary N) is 2. The van der Waals surface area contributed by atoms with Gasteiger partial charge in [-0.25, -0.2) is 4.98 Å². The predicted octanol–water partition coefficient (Wildman–Crippen LogP) is 1.65. The highest BCUT2D eigenvalue weighted by atomic mass is 15.2. The summed E-state index contributed by atoms with van der Waals surface area (Å²) in [6.07, 6.45) is 6.46. The van der Waals surface area contributed by atoms with Crippen molar-refractivity contribution in [2.45, 2.75) is 38.6 Å². The Morgan fingerprint density at radius 1 is 1.54 bits per heavy atom. The Morgan fingerprint density at radius 2 is 2.38 bits per heavy atom. The lowest BCUT2D eigenvalue weighted by molar-refractivity contribution is 0.491. The van der Waals surface area contributed by atoms with E-state index >= 15 is 0 Å². The van der Waals surface area contributed by atoms with Crippen LogP contribution in [-0.2, 0) is 0 Å². The van der Waals surface area contributed by atoms with Crippen molar-refractivity contribution in [3.8, 4) is 0 Å². The van der Waals surface area contributed by atoms with E-state index in [-0.39, 0.29) is 0 Å². The van der Waals surface area contributed by atoms with Crippen LogP contribution >= 0.6 is 0 Å². The highest BCUT2D eigenvalue weighted by Gasteiger charge is 2.10. The largest absolute Gasteiger partial charge is 0.310 e. The van der Waals surface area contributed by atoms with Gasteiger partial charge in [-0.15, -0.1) is 0 Å². The second-order valence-electron chi connectivity index (χ2n) is 3.21. The van der Waals surface area contributed by atoms with Crippen molar-refractivity contribution >= 4 is 0 Å². The van der Waals surface area contributed by atoms with Crippen LogP contribution in [0.1, 0.15) is 44.5 Å². The second-order valence-corrected chi connectivity index (χ2v) is 3.21. The Hall–Kier alpha value is -0.900. The number of aromatic nitrogens is 3. The third kappa shape index (κ3) is 3.14. The molecule has 4 heteroatoms. The maximum absolute atomic E-state index is 4.14. The molecular weight excluding hydrogens is 164 g/mol. The summed E-state index contributed by atoms with van der Waals surface area (Å²) in [7, 11) is 1.96. The maximum atomic E-state index is 4.14. The molecule has 0 fully saturated rings.